The van der Waals surface area contributed by atoms with Crippen LogP contribution >= 0.6 is 11.6 Å². The highest BCUT2D eigenvalue weighted by Gasteiger charge is 2.30. The van der Waals surface area contributed by atoms with Gasteiger partial charge in [0.2, 0.25) is 0 Å². The third-order valence-corrected chi connectivity index (χ3v) is 3.02. The third kappa shape index (κ3) is 5.08. The van der Waals surface area contributed by atoms with E-state index in [1.165, 1.54) is 0 Å². The Balaban J connectivity index is 2.86. The van der Waals surface area contributed by atoms with Crippen LogP contribution in [0.5, 0.6) is 0 Å². The molecule has 0 unspecified atom stereocenters. The fourth-order valence-corrected chi connectivity index (χ4v) is 2.08. The van der Waals surface area contributed by atoms with Crippen LogP contribution in [-0.2, 0) is 16.6 Å². The lowest BCUT2D eigenvalue weighted by Crippen LogP contribution is -2.47. The molecule has 0 aliphatic heterocycles. The molecule has 1 heterocycles. The fourth-order valence-electron chi connectivity index (χ4n) is 1.83. The maximum atomic E-state index is 12.3. The second-order valence-electron chi connectivity index (χ2n) is 6.38. The molecule has 5 nitrogen and oxygen atoms in total. The molecule has 0 saturated carbocycles. The minimum absolute atomic E-state index is 0.0838. The lowest BCUT2D eigenvalue weighted by molar-refractivity contribution is -0.158. The zero-order valence-corrected chi connectivity index (χ0v) is 14.1. The van der Waals surface area contributed by atoms with Crippen molar-refractivity contribution in [2.24, 2.45) is 13.0 Å². The number of aryl methyl sites for hydroxylation is 1. The van der Waals surface area contributed by atoms with Gasteiger partial charge in [-0.1, -0.05) is 25.4 Å². The maximum Gasteiger partial charge on any atom is 0.329 e. The smallest absolute Gasteiger partial charge is 0.329 e. The molecule has 0 saturated heterocycles. The van der Waals surface area contributed by atoms with Gasteiger partial charge in [0.05, 0.1) is 5.02 Å². The van der Waals surface area contributed by atoms with Crippen LogP contribution in [0.25, 0.3) is 0 Å². The summed E-state index contributed by atoms with van der Waals surface area (Å²) in [6.45, 7) is 9.09. The minimum atomic E-state index is -0.703. The first-order valence-corrected chi connectivity index (χ1v) is 7.24. The number of ether oxygens (including phenoxy) is 1. The van der Waals surface area contributed by atoms with Gasteiger partial charge in [0.25, 0.3) is 5.91 Å². The molecule has 1 amide bonds. The van der Waals surface area contributed by atoms with Crippen molar-refractivity contribution in [2.75, 3.05) is 0 Å². The number of hydrogen-bond acceptors (Lipinski definition) is 3. The van der Waals surface area contributed by atoms with Crippen molar-refractivity contribution in [3.8, 4) is 0 Å². The van der Waals surface area contributed by atoms with Crippen molar-refractivity contribution < 1.29 is 14.3 Å². The molecule has 0 aromatic carbocycles. The summed E-state index contributed by atoms with van der Waals surface area (Å²) in [4.78, 5) is 24.5. The Bertz CT molecular complexity index is 530. The summed E-state index contributed by atoms with van der Waals surface area (Å²) >= 11 is 5.87. The highest BCUT2D eigenvalue weighted by molar-refractivity contribution is 6.31. The van der Waals surface area contributed by atoms with Gasteiger partial charge < -0.3 is 14.6 Å². The van der Waals surface area contributed by atoms with Crippen LogP contribution in [0.4, 0.5) is 0 Å². The van der Waals surface area contributed by atoms with Gasteiger partial charge in [-0.25, -0.2) is 4.79 Å². The first kappa shape index (κ1) is 17.6. The van der Waals surface area contributed by atoms with Crippen molar-refractivity contribution in [1.82, 2.24) is 9.88 Å². The summed E-state index contributed by atoms with van der Waals surface area (Å²) in [7, 11) is 1.72. The van der Waals surface area contributed by atoms with E-state index in [0.29, 0.717) is 10.7 Å². The van der Waals surface area contributed by atoms with Crippen molar-refractivity contribution in [1.29, 1.82) is 0 Å². The number of amides is 1. The number of carbonyl (C=O) groups excluding carboxylic acids is 2. The number of aromatic nitrogens is 1. The molecule has 118 valence electrons. The summed E-state index contributed by atoms with van der Waals surface area (Å²) in [6.07, 6.45) is 1.63. The zero-order chi connectivity index (χ0) is 16.4. The molecule has 1 rings (SSSR count). The van der Waals surface area contributed by atoms with E-state index in [-0.39, 0.29) is 11.8 Å². The van der Waals surface area contributed by atoms with Crippen LogP contribution in [0, 0.1) is 5.92 Å². The third-order valence-electron chi connectivity index (χ3n) is 2.82. The number of esters is 1. The summed E-state index contributed by atoms with van der Waals surface area (Å²) < 4.78 is 6.96. The number of hydrogen-bond donors (Lipinski definition) is 1. The highest BCUT2D eigenvalue weighted by atomic mass is 35.5. The average Bonchev–Trinajstić information content (AvgIpc) is 2.62. The van der Waals surface area contributed by atoms with Crippen LogP contribution in [0.15, 0.2) is 12.3 Å². The molecule has 0 radical (unpaired) electrons. The Hall–Kier alpha value is -1.49. The first-order valence-electron chi connectivity index (χ1n) is 6.87. The Kier molecular flexibility index (Phi) is 5.45. The van der Waals surface area contributed by atoms with Crippen molar-refractivity contribution >= 4 is 23.5 Å². The summed E-state index contributed by atoms with van der Waals surface area (Å²) in [6, 6.07) is 0.856. The van der Waals surface area contributed by atoms with E-state index in [9.17, 15) is 9.59 Å². The van der Waals surface area contributed by atoms with E-state index in [4.69, 9.17) is 16.3 Å². The van der Waals surface area contributed by atoms with Crippen LogP contribution in [0.3, 0.4) is 0 Å². The molecule has 0 aliphatic rings. The van der Waals surface area contributed by atoms with Gasteiger partial charge in [-0.3, -0.25) is 4.79 Å². The predicted octanol–water partition coefficient (Wildman–Crippen LogP) is 2.77. The molecule has 0 bridgehead atoms. The lowest BCUT2D eigenvalue weighted by atomic mass is 10.0. The first-order chi connectivity index (χ1) is 9.51. The highest BCUT2D eigenvalue weighted by Crippen LogP contribution is 2.15. The lowest BCUT2D eigenvalue weighted by Gasteiger charge is -2.26. The van der Waals surface area contributed by atoms with Gasteiger partial charge in [0, 0.05) is 13.2 Å². The van der Waals surface area contributed by atoms with Crippen molar-refractivity contribution in [2.45, 2.75) is 46.3 Å². The van der Waals surface area contributed by atoms with Crippen LogP contribution in [0.2, 0.25) is 5.02 Å². The van der Waals surface area contributed by atoms with E-state index in [2.05, 4.69) is 5.32 Å². The second-order valence-corrected chi connectivity index (χ2v) is 6.82. The van der Waals surface area contributed by atoms with Gasteiger partial charge in [-0.15, -0.1) is 0 Å². The Morgan fingerprint density at radius 1 is 1.33 bits per heavy atom. The molecule has 6 heteroatoms. The maximum absolute atomic E-state index is 12.3. The quantitative estimate of drug-likeness (QED) is 0.869. The SMILES string of the molecule is CC(C)[C@H](NC(=O)c1cc(Cl)cn1C)C(=O)OC(C)(C)C. The van der Waals surface area contributed by atoms with E-state index < -0.39 is 17.6 Å². The number of rotatable bonds is 4. The summed E-state index contributed by atoms with van der Waals surface area (Å²) in [5.74, 6) is -0.875. The molecular formula is C15H23ClN2O3. The number of nitrogens with one attached hydrogen (secondary N) is 1. The van der Waals surface area contributed by atoms with Gasteiger partial charge in [-0.05, 0) is 32.8 Å². The molecular weight excluding hydrogens is 292 g/mol. The summed E-state index contributed by atoms with van der Waals surface area (Å²) in [5.41, 5.74) is -0.197. The molecule has 0 aliphatic carbocycles. The van der Waals surface area contributed by atoms with Gasteiger partial charge in [-0.2, -0.15) is 0 Å². The van der Waals surface area contributed by atoms with E-state index in [1.807, 2.05) is 13.8 Å². The molecule has 21 heavy (non-hydrogen) atoms. The molecule has 1 aromatic heterocycles. The van der Waals surface area contributed by atoms with E-state index in [0.717, 1.165) is 0 Å². The standard InChI is InChI=1S/C15H23ClN2O3/c1-9(2)12(14(20)21-15(3,4)5)17-13(19)11-7-10(16)8-18(11)6/h7-9,12H,1-6H3,(H,17,19)/t12-/m0/s1. The molecule has 1 aromatic rings. The van der Waals surface area contributed by atoms with Crippen LogP contribution < -0.4 is 5.32 Å². The molecule has 1 N–H and O–H groups in total. The van der Waals surface area contributed by atoms with Gasteiger partial charge >= 0.3 is 5.97 Å². The summed E-state index contributed by atoms with van der Waals surface area (Å²) in [5, 5.41) is 3.19. The monoisotopic (exact) mass is 314 g/mol. The minimum Gasteiger partial charge on any atom is -0.458 e. The van der Waals surface area contributed by atoms with Gasteiger partial charge in [0.1, 0.15) is 17.3 Å². The molecule has 0 spiro atoms. The zero-order valence-electron chi connectivity index (χ0n) is 13.4. The number of carbonyl (C=O) groups is 2. The van der Waals surface area contributed by atoms with Crippen LogP contribution in [0.1, 0.15) is 45.1 Å². The topological polar surface area (TPSA) is 60.3 Å². The largest absolute Gasteiger partial charge is 0.458 e. The predicted molar refractivity (Wildman–Crippen MR) is 82.4 cm³/mol. The Morgan fingerprint density at radius 2 is 1.90 bits per heavy atom. The van der Waals surface area contributed by atoms with E-state index >= 15 is 0 Å². The fraction of sp³-hybridized carbons (Fsp3) is 0.600. The van der Waals surface area contributed by atoms with Crippen molar-refractivity contribution in [3.63, 3.8) is 0 Å². The molecule has 0 fully saturated rings. The second kappa shape index (κ2) is 6.52. The normalized spacial score (nSPS) is 13.1. The number of halogens is 1. The van der Waals surface area contributed by atoms with Crippen LogP contribution in [-0.4, -0.2) is 28.1 Å². The van der Waals surface area contributed by atoms with Crippen molar-refractivity contribution in [3.05, 3.63) is 23.0 Å². The number of nitrogens with zero attached hydrogens (tertiary/aromatic N) is 1. The van der Waals surface area contributed by atoms with E-state index in [1.54, 1.807) is 44.6 Å². The van der Waals surface area contributed by atoms with Gasteiger partial charge in [0.15, 0.2) is 0 Å². The molecule has 1 atom stereocenters. The Labute approximate surface area is 130 Å². The average molecular weight is 315 g/mol. The Morgan fingerprint density at radius 3 is 2.29 bits per heavy atom.